The molecule has 0 fully saturated rings. The Morgan fingerprint density at radius 3 is 2.82 bits per heavy atom. The maximum absolute atomic E-state index is 12.7. The molecule has 8 heteroatoms. The Morgan fingerprint density at radius 1 is 1.21 bits per heavy atom. The van der Waals surface area contributed by atoms with Gasteiger partial charge in [0.1, 0.15) is 5.75 Å². The van der Waals surface area contributed by atoms with Gasteiger partial charge in [-0.25, -0.2) is 4.98 Å². The Balaban J connectivity index is 1.71. The molecule has 0 aliphatic rings. The Bertz CT molecular complexity index is 987. The van der Waals surface area contributed by atoms with Crippen LogP contribution in [0.4, 0.5) is 5.69 Å². The summed E-state index contributed by atoms with van der Waals surface area (Å²) in [4.78, 5) is 27.7. The van der Waals surface area contributed by atoms with Gasteiger partial charge in [0.25, 0.3) is 5.91 Å². The Kier molecular flexibility index (Phi) is 6.33. The standard InChI is InChI=1S/C20H20N4O3S/c1-28-20-22-9-10-24(20)16-6-2-4-14(12-16)19(26)23-15-5-3-7-17(13-15)27-11-8-18(21)25/h2-7,9-10,12-13H,8,11H2,1H3,(H2,21,25)(H,23,26). The normalized spacial score (nSPS) is 10.5. The first-order valence-corrected chi connectivity index (χ1v) is 9.79. The molecule has 2 amide bonds. The molecule has 0 radical (unpaired) electrons. The summed E-state index contributed by atoms with van der Waals surface area (Å²) in [5.41, 5.74) is 7.08. The van der Waals surface area contributed by atoms with E-state index in [1.165, 1.54) is 11.8 Å². The second-order valence-corrected chi connectivity index (χ2v) is 6.65. The fraction of sp³-hybridized carbons (Fsp3) is 0.150. The predicted octanol–water partition coefficient (Wildman–Crippen LogP) is 3.10. The summed E-state index contributed by atoms with van der Waals surface area (Å²) in [5, 5.41) is 3.70. The molecular weight excluding hydrogens is 376 g/mol. The zero-order valence-corrected chi connectivity index (χ0v) is 16.1. The van der Waals surface area contributed by atoms with E-state index in [1.807, 2.05) is 35.2 Å². The van der Waals surface area contributed by atoms with E-state index in [1.54, 1.807) is 36.5 Å². The second-order valence-electron chi connectivity index (χ2n) is 5.88. The number of carbonyl (C=O) groups excluding carboxylic acids is 2. The van der Waals surface area contributed by atoms with Gasteiger partial charge in [-0.05, 0) is 36.6 Å². The predicted molar refractivity (Wildman–Crippen MR) is 109 cm³/mol. The number of imidazole rings is 1. The topological polar surface area (TPSA) is 99.2 Å². The number of hydrogen-bond donors (Lipinski definition) is 2. The summed E-state index contributed by atoms with van der Waals surface area (Å²) in [6.07, 6.45) is 5.67. The van der Waals surface area contributed by atoms with Crippen molar-refractivity contribution >= 4 is 29.3 Å². The monoisotopic (exact) mass is 396 g/mol. The number of carbonyl (C=O) groups is 2. The Morgan fingerprint density at radius 2 is 2.04 bits per heavy atom. The molecule has 28 heavy (non-hydrogen) atoms. The van der Waals surface area contributed by atoms with Crippen LogP contribution in [0.5, 0.6) is 5.75 Å². The van der Waals surface area contributed by atoms with E-state index in [9.17, 15) is 9.59 Å². The number of primary amides is 1. The second kappa shape index (κ2) is 9.09. The van der Waals surface area contributed by atoms with Crippen LogP contribution in [0.25, 0.3) is 5.69 Å². The fourth-order valence-corrected chi connectivity index (χ4v) is 3.10. The number of aromatic nitrogens is 2. The molecule has 0 saturated heterocycles. The quantitative estimate of drug-likeness (QED) is 0.570. The Labute approximate surface area is 166 Å². The van der Waals surface area contributed by atoms with Crippen LogP contribution in [-0.2, 0) is 4.79 Å². The maximum Gasteiger partial charge on any atom is 0.255 e. The smallest absolute Gasteiger partial charge is 0.255 e. The lowest BCUT2D eigenvalue weighted by atomic mass is 10.1. The molecule has 0 atom stereocenters. The number of amides is 2. The number of nitrogens with one attached hydrogen (secondary N) is 1. The van der Waals surface area contributed by atoms with Gasteiger partial charge in [-0.15, -0.1) is 0 Å². The number of nitrogens with zero attached hydrogens (tertiary/aromatic N) is 2. The van der Waals surface area contributed by atoms with Crippen LogP contribution in [0.1, 0.15) is 16.8 Å². The summed E-state index contributed by atoms with van der Waals surface area (Å²) in [6.45, 7) is 0.192. The van der Waals surface area contributed by atoms with Gasteiger partial charge in [0.15, 0.2) is 5.16 Å². The molecule has 3 aromatic rings. The number of nitrogens with two attached hydrogens (primary N) is 1. The number of thioether (sulfide) groups is 1. The SMILES string of the molecule is CSc1nccn1-c1cccc(C(=O)Nc2cccc(OCCC(N)=O)c2)c1. The zero-order valence-electron chi connectivity index (χ0n) is 15.3. The van der Waals surface area contributed by atoms with E-state index in [2.05, 4.69) is 10.3 Å². The molecule has 0 aliphatic carbocycles. The van der Waals surface area contributed by atoms with Crippen molar-refractivity contribution in [2.24, 2.45) is 5.73 Å². The number of benzene rings is 2. The van der Waals surface area contributed by atoms with Crippen LogP contribution in [0.2, 0.25) is 0 Å². The molecule has 0 bridgehead atoms. The minimum Gasteiger partial charge on any atom is -0.493 e. The molecule has 0 unspecified atom stereocenters. The molecule has 0 spiro atoms. The highest BCUT2D eigenvalue weighted by atomic mass is 32.2. The van der Waals surface area contributed by atoms with Crippen LogP contribution in [-0.4, -0.2) is 34.2 Å². The van der Waals surface area contributed by atoms with Crippen molar-refractivity contribution in [3.63, 3.8) is 0 Å². The fourth-order valence-electron chi connectivity index (χ4n) is 2.57. The van der Waals surface area contributed by atoms with Crippen LogP contribution < -0.4 is 15.8 Å². The van der Waals surface area contributed by atoms with Gasteiger partial charge < -0.3 is 15.8 Å². The van der Waals surface area contributed by atoms with Gasteiger partial charge >= 0.3 is 0 Å². The molecule has 1 aromatic heterocycles. The summed E-state index contributed by atoms with van der Waals surface area (Å²) in [5.74, 6) is -0.107. The van der Waals surface area contributed by atoms with Crippen molar-refractivity contribution in [2.75, 3.05) is 18.2 Å². The zero-order chi connectivity index (χ0) is 19.9. The first-order chi connectivity index (χ1) is 13.6. The van der Waals surface area contributed by atoms with E-state index in [0.29, 0.717) is 17.0 Å². The first-order valence-electron chi connectivity index (χ1n) is 8.57. The summed E-state index contributed by atoms with van der Waals surface area (Å²) < 4.78 is 7.40. The highest BCUT2D eigenvalue weighted by Gasteiger charge is 2.10. The van der Waals surface area contributed by atoms with Crippen molar-refractivity contribution in [1.29, 1.82) is 0 Å². The average molecular weight is 396 g/mol. The molecule has 0 aliphatic heterocycles. The molecule has 0 saturated carbocycles. The van der Waals surface area contributed by atoms with Gasteiger partial charge in [0, 0.05) is 35.4 Å². The summed E-state index contributed by atoms with van der Waals surface area (Å²) in [6, 6.07) is 14.3. The third-order valence-corrected chi connectivity index (χ3v) is 4.55. The lowest BCUT2D eigenvalue weighted by molar-refractivity contribution is -0.118. The van der Waals surface area contributed by atoms with Crippen molar-refractivity contribution in [3.05, 3.63) is 66.5 Å². The van der Waals surface area contributed by atoms with Crippen LogP contribution >= 0.6 is 11.8 Å². The molecule has 2 aromatic carbocycles. The first kappa shape index (κ1) is 19.5. The molecule has 7 nitrogen and oxygen atoms in total. The number of ether oxygens (including phenoxy) is 1. The van der Waals surface area contributed by atoms with E-state index < -0.39 is 5.91 Å². The molecule has 3 rings (SSSR count). The highest BCUT2D eigenvalue weighted by molar-refractivity contribution is 7.98. The number of rotatable bonds is 8. The highest BCUT2D eigenvalue weighted by Crippen LogP contribution is 2.21. The molecule has 1 heterocycles. The summed E-state index contributed by atoms with van der Waals surface area (Å²) >= 11 is 1.53. The largest absolute Gasteiger partial charge is 0.493 e. The lowest BCUT2D eigenvalue weighted by Crippen LogP contribution is -2.15. The van der Waals surface area contributed by atoms with Gasteiger partial charge in [0.05, 0.1) is 13.0 Å². The third kappa shape index (κ3) is 4.92. The van der Waals surface area contributed by atoms with Crippen molar-refractivity contribution in [1.82, 2.24) is 9.55 Å². The van der Waals surface area contributed by atoms with Crippen LogP contribution in [0.15, 0.2) is 66.1 Å². The minimum atomic E-state index is -0.424. The van der Waals surface area contributed by atoms with Crippen molar-refractivity contribution in [2.45, 2.75) is 11.6 Å². The van der Waals surface area contributed by atoms with Crippen molar-refractivity contribution < 1.29 is 14.3 Å². The Hall–Kier alpha value is -3.26. The minimum absolute atomic E-state index is 0.135. The van der Waals surface area contributed by atoms with Gasteiger partial charge in [-0.3, -0.25) is 14.2 Å². The third-order valence-electron chi connectivity index (χ3n) is 3.88. The van der Waals surface area contributed by atoms with E-state index in [-0.39, 0.29) is 18.9 Å². The van der Waals surface area contributed by atoms with E-state index in [4.69, 9.17) is 10.5 Å². The molecule has 3 N–H and O–H groups in total. The molecule has 144 valence electrons. The van der Waals surface area contributed by atoms with Gasteiger partial charge in [-0.2, -0.15) is 0 Å². The van der Waals surface area contributed by atoms with Gasteiger partial charge in [-0.1, -0.05) is 23.9 Å². The van der Waals surface area contributed by atoms with Gasteiger partial charge in [0.2, 0.25) is 5.91 Å². The van der Waals surface area contributed by atoms with Crippen LogP contribution in [0.3, 0.4) is 0 Å². The average Bonchev–Trinajstić information content (AvgIpc) is 3.17. The van der Waals surface area contributed by atoms with E-state index >= 15 is 0 Å². The van der Waals surface area contributed by atoms with Crippen molar-refractivity contribution in [3.8, 4) is 11.4 Å². The maximum atomic E-state index is 12.7. The lowest BCUT2D eigenvalue weighted by Gasteiger charge is -2.10. The molecular formula is C20H20N4O3S. The van der Waals surface area contributed by atoms with Crippen LogP contribution in [0, 0.1) is 0 Å². The number of hydrogen-bond acceptors (Lipinski definition) is 5. The summed E-state index contributed by atoms with van der Waals surface area (Å²) in [7, 11) is 0. The number of anilines is 1. The van der Waals surface area contributed by atoms with E-state index in [0.717, 1.165) is 10.8 Å².